The van der Waals surface area contributed by atoms with Gasteiger partial charge in [-0.15, -0.1) is 0 Å². The normalized spacial score (nSPS) is 20.8. The van der Waals surface area contributed by atoms with Gasteiger partial charge in [-0.05, 0) is 50.4 Å². The first-order chi connectivity index (χ1) is 12.0. The number of hydrogen-bond acceptors (Lipinski definition) is 3. The van der Waals surface area contributed by atoms with E-state index in [1.54, 1.807) is 4.90 Å². The zero-order valence-corrected chi connectivity index (χ0v) is 14.5. The van der Waals surface area contributed by atoms with Crippen molar-refractivity contribution in [3.63, 3.8) is 0 Å². The van der Waals surface area contributed by atoms with Gasteiger partial charge in [-0.25, -0.2) is 8.78 Å². The van der Waals surface area contributed by atoms with Gasteiger partial charge in [0.15, 0.2) is 0 Å². The highest BCUT2D eigenvalue weighted by molar-refractivity contribution is 5.79. The number of likely N-dealkylation sites (tertiary alicyclic amines) is 2. The van der Waals surface area contributed by atoms with Crippen molar-refractivity contribution >= 4 is 5.91 Å². The molecule has 0 spiro atoms. The summed E-state index contributed by atoms with van der Waals surface area (Å²) >= 11 is 0. The van der Waals surface area contributed by atoms with E-state index in [-0.39, 0.29) is 29.9 Å². The molecule has 0 aromatic heterocycles. The second-order valence-electron chi connectivity index (χ2n) is 7.43. The Morgan fingerprint density at radius 2 is 1.80 bits per heavy atom. The quantitative estimate of drug-likeness (QED) is 0.884. The standard InChI is InChI=1S/C19H26F2N2O2/c20-16-4-3-15(17(21)12-16)11-18(25)23-9-5-19(14-24,6-10-23)13-22-7-1-2-8-22/h3-4,12,24H,1-2,5-11,13-14H2. The van der Waals surface area contributed by atoms with Crippen LogP contribution in [0.25, 0.3) is 0 Å². The van der Waals surface area contributed by atoms with Crippen LogP contribution in [0.4, 0.5) is 8.78 Å². The van der Waals surface area contributed by atoms with Crippen LogP contribution >= 0.6 is 0 Å². The first-order valence-electron chi connectivity index (χ1n) is 9.06. The van der Waals surface area contributed by atoms with E-state index in [0.717, 1.165) is 38.5 Å². The number of aliphatic hydroxyl groups excluding tert-OH is 1. The molecule has 138 valence electrons. The summed E-state index contributed by atoms with van der Waals surface area (Å²) < 4.78 is 26.7. The molecule has 2 aliphatic rings. The largest absolute Gasteiger partial charge is 0.396 e. The van der Waals surface area contributed by atoms with Gasteiger partial charge in [-0.1, -0.05) is 6.07 Å². The summed E-state index contributed by atoms with van der Waals surface area (Å²) in [6.45, 7) is 4.37. The molecule has 2 aliphatic heterocycles. The van der Waals surface area contributed by atoms with Gasteiger partial charge < -0.3 is 14.9 Å². The third-order valence-corrected chi connectivity index (χ3v) is 5.63. The van der Waals surface area contributed by atoms with Crippen molar-refractivity contribution in [2.45, 2.75) is 32.1 Å². The predicted molar refractivity (Wildman–Crippen MR) is 91.1 cm³/mol. The van der Waals surface area contributed by atoms with E-state index in [0.29, 0.717) is 13.1 Å². The first-order valence-corrected chi connectivity index (χ1v) is 9.06. The number of amides is 1. The molecule has 1 N–H and O–H groups in total. The highest BCUT2D eigenvalue weighted by Gasteiger charge is 2.37. The summed E-state index contributed by atoms with van der Waals surface area (Å²) in [6.07, 6.45) is 3.91. The van der Waals surface area contributed by atoms with Gasteiger partial charge in [0.05, 0.1) is 13.0 Å². The van der Waals surface area contributed by atoms with E-state index in [1.165, 1.54) is 25.0 Å². The first kappa shape index (κ1) is 18.3. The SMILES string of the molecule is O=C(Cc1ccc(F)cc1F)N1CCC(CO)(CN2CCCC2)CC1. The van der Waals surface area contributed by atoms with Crippen molar-refractivity contribution in [3.8, 4) is 0 Å². The van der Waals surface area contributed by atoms with Crippen molar-refractivity contribution < 1.29 is 18.7 Å². The number of halogens is 2. The summed E-state index contributed by atoms with van der Waals surface area (Å²) in [4.78, 5) is 16.6. The lowest BCUT2D eigenvalue weighted by Gasteiger charge is -2.42. The molecular weight excluding hydrogens is 326 g/mol. The van der Waals surface area contributed by atoms with Crippen LogP contribution in [-0.2, 0) is 11.2 Å². The molecule has 3 rings (SSSR count). The molecule has 25 heavy (non-hydrogen) atoms. The van der Waals surface area contributed by atoms with Gasteiger partial charge in [0.25, 0.3) is 0 Å². The Morgan fingerprint density at radius 3 is 2.40 bits per heavy atom. The number of aliphatic hydroxyl groups is 1. The molecule has 0 radical (unpaired) electrons. The Hall–Kier alpha value is -1.53. The Kier molecular flexibility index (Phi) is 5.69. The zero-order chi connectivity index (χ0) is 17.9. The van der Waals surface area contributed by atoms with Crippen molar-refractivity contribution in [2.75, 3.05) is 39.3 Å². The second-order valence-corrected chi connectivity index (χ2v) is 7.43. The minimum absolute atomic E-state index is 0.0512. The maximum atomic E-state index is 13.7. The molecule has 2 heterocycles. The van der Waals surface area contributed by atoms with Crippen LogP contribution in [-0.4, -0.2) is 60.1 Å². The van der Waals surface area contributed by atoms with Crippen LogP contribution in [0.1, 0.15) is 31.2 Å². The van der Waals surface area contributed by atoms with Gasteiger partial charge in [-0.2, -0.15) is 0 Å². The van der Waals surface area contributed by atoms with Crippen LogP contribution in [0.5, 0.6) is 0 Å². The Morgan fingerprint density at radius 1 is 1.12 bits per heavy atom. The third-order valence-electron chi connectivity index (χ3n) is 5.63. The van der Waals surface area contributed by atoms with E-state index in [1.807, 2.05) is 0 Å². The molecular formula is C19H26F2N2O2. The van der Waals surface area contributed by atoms with E-state index in [2.05, 4.69) is 4.90 Å². The number of rotatable bonds is 5. The molecule has 1 amide bonds. The number of benzene rings is 1. The lowest BCUT2D eigenvalue weighted by molar-refractivity contribution is -0.133. The van der Waals surface area contributed by atoms with Crippen LogP contribution in [0.15, 0.2) is 18.2 Å². The van der Waals surface area contributed by atoms with Gasteiger partial charge in [0.2, 0.25) is 5.91 Å². The Labute approximate surface area is 147 Å². The molecule has 0 atom stereocenters. The van der Waals surface area contributed by atoms with Gasteiger partial charge in [0, 0.05) is 31.1 Å². The minimum atomic E-state index is -0.677. The van der Waals surface area contributed by atoms with E-state index >= 15 is 0 Å². The Balaban J connectivity index is 1.56. The predicted octanol–water partition coefficient (Wildman–Crippen LogP) is 2.20. The molecule has 1 aromatic rings. The average Bonchev–Trinajstić information content (AvgIpc) is 3.10. The lowest BCUT2D eigenvalue weighted by Crippen LogP contribution is -2.49. The molecule has 0 saturated carbocycles. The molecule has 4 nitrogen and oxygen atoms in total. The highest BCUT2D eigenvalue weighted by atomic mass is 19.1. The number of piperidine rings is 1. The summed E-state index contributed by atoms with van der Waals surface area (Å²) in [5, 5.41) is 9.91. The van der Waals surface area contributed by atoms with E-state index in [4.69, 9.17) is 0 Å². The van der Waals surface area contributed by atoms with Gasteiger partial charge >= 0.3 is 0 Å². The lowest BCUT2D eigenvalue weighted by atomic mass is 9.78. The van der Waals surface area contributed by atoms with Crippen LogP contribution in [0.3, 0.4) is 0 Å². The smallest absolute Gasteiger partial charge is 0.227 e. The van der Waals surface area contributed by atoms with Crippen LogP contribution in [0, 0.1) is 17.0 Å². The number of nitrogens with zero attached hydrogens (tertiary/aromatic N) is 2. The van der Waals surface area contributed by atoms with Crippen molar-refractivity contribution in [1.29, 1.82) is 0 Å². The summed E-state index contributed by atoms with van der Waals surface area (Å²) in [7, 11) is 0. The van der Waals surface area contributed by atoms with Crippen LogP contribution < -0.4 is 0 Å². The molecule has 0 aliphatic carbocycles. The fraction of sp³-hybridized carbons (Fsp3) is 0.632. The summed E-state index contributed by atoms with van der Waals surface area (Å²) in [5.41, 5.74) is 0.0878. The third kappa shape index (κ3) is 4.36. The molecule has 0 bridgehead atoms. The fourth-order valence-electron chi connectivity index (χ4n) is 3.95. The van der Waals surface area contributed by atoms with Gasteiger partial charge in [0.1, 0.15) is 11.6 Å². The summed E-state index contributed by atoms with van der Waals surface area (Å²) in [6, 6.07) is 3.32. The molecule has 2 fully saturated rings. The van der Waals surface area contributed by atoms with Crippen LogP contribution in [0.2, 0.25) is 0 Å². The highest BCUT2D eigenvalue weighted by Crippen LogP contribution is 2.33. The number of carbonyl (C=O) groups is 1. The number of carbonyl (C=O) groups excluding carboxylic acids is 1. The van der Waals surface area contributed by atoms with E-state index < -0.39 is 11.6 Å². The van der Waals surface area contributed by atoms with Gasteiger partial charge in [-0.3, -0.25) is 4.79 Å². The fourth-order valence-corrected chi connectivity index (χ4v) is 3.95. The molecule has 1 aromatic carbocycles. The monoisotopic (exact) mass is 352 g/mol. The van der Waals surface area contributed by atoms with E-state index in [9.17, 15) is 18.7 Å². The second kappa shape index (κ2) is 7.79. The molecule has 6 heteroatoms. The maximum absolute atomic E-state index is 13.7. The van der Waals surface area contributed by atoms with Crippen molar-refractivity contribution in [2.24, 2.45) is 5.41 Å². The molecule has 0 unspecified atom stereocenters. The zero-order valence-electron chi connectivity index (χ0n) is 14.5. The summed E-state index contributed by atoms with van der Waals surface area (Å²) in [5.74, 6) is -1.45. The number of hydrogen-bond donors (Lipinski definition) is 1. The maximum Gasteiger partial charge on any atom is 0.227 e. The van der Waals surface area contributed by atoms with Crippen molar-refractivity contribution in [3.05, 3.63) is 35.4 Å². The minimum Gasteiger partial charge on any atom is -0.396 e. The average molecular weight is 352 g/mol. The van der Waals surface area contributed by atoms with Crippen molar-refractivity contribution in [1.82, 2.24) is 9.80 Å². The molecule has 2 saturated heterocycles. The topological polar surface area (TPSA) is 43.8 Å². The Bertz CT molecular complexity index is 609.